The van der Waals surface area contributed by atoms with Gasteiger partial charge in [0.1, 0.15) is 6.10 Å². The van der Waals surface area contributed by atoms with Crippen molar-refractivity contribution in [2.24, 2.45) is 0 Å². The first-order chi connectivity index (χ1) is 5.64. The van der Waals surface area contributed by atoms with Gasteiger partial charge in [0.25, 0.3) is 10.1 Å². The highest BCUT2D eigenvalue weighted by atomic mass is 32.2. The molecular formula is C6H12O5S. The van der Waals surface area contributed by atoms with Gasteiger partial charge >= 0.3 is 0 Å². The largest absolute Gasteiger partial charge is 0.396 e. The molecule has 1 aliphatic rings. The Hall–Kier alpha value is -0.170. The monoisotopic (exact) mass is 196 g/mol. The maximum absolute atomic E-state index is 10.9. The molecule has 0 spiro atoms. The fourth-order valence-electron chi connectivity index (χ4n) is 0.644. The number of epoxide rings is 1. The second kappa shape index (κ2) is 4.18. The van der Waals surface area contributed by atoms with Gasteiger partial charge in [0.2, 0.25) is 0 Å². The van der Waals surface area contributed by atoms with Crippen molar-refractivity contribution < 1.29 is 22.4 Å². The molecule has 0 saturated carbocycles. The van der Waals surface area contributed by atoms with E-state index in [1.54, 1.807) is 0 Å². The van der Waals surface area contributed by atoms with E-state index in [0.29, 0.717) is 6.61 Å². The molecule has 0 radical (unpaired) electrons. The lowest BCUT2D eigenvalue weighted by Gasteiger charge is -2.01. The zero-order valence-electron chi connectivity index (χ0n) is 6.60. The molecule has 6 heteroatoms. The zero-order valence-corrected chi connectivity index (χ0v) is 7.42. The van der Waals surface area contributed by atoms with Gasteiger partial charge < -0.3 is 9.84 Å². The molecule has 0 aromatic carbocycles. The Bertz CT molecular complexity index is 218. The molecule has 1 heterocycles. The molecule has 0 aliphatic carbocycles. The Balaban J connectivity index is 2.17. The lowest BCUT2D eigenvalue weighted by Crippen LogP contribution is -2.14. The van der Waals surface area contributed by atoms with Crippen molar-refractivity contribution in [2.45, 2.75) is 12.5 Å². The highest BCUT2D eigenvalue weighted by molar-refractivity contribution is 7.86. The van der Waals surface area contributed by atoms with Crippen LogP contribution in [0, 0.1) is 0 Å². The van der Waals surface area contributed by atoms with Crippen molar-refractivity contribution in [3.63, 3.8) is 0 Å². The van der Waals surface area contributed by atoms with Gasteiger partial charge in [-0.05, 0) is 6.42 Å². The Morgan fingerprint density at radius 2 is 2.25 bits per heavy atom. The van der Waals surface area contributed by atoms with E-state index in [0.717, 1.165) is 0 Å². The van der Waals surface area contributed by atoms with Crippen molar-refractivity contribution in [1.29, 1.82) is 0 Å². The van der Waals surface area contributed by atoms with E-state index in [9.17, 15) is 8.42 Å². The number of ether oxygens (including phenoxy) is 1. The van der Waals surface area contributed by atoms with Gasteiger partial charge in [0, 0.05) is 6.61 Å². The van der Waals surface area contributed by atoms with Crippen LogP contribution in [0.2, 0.25) is 0 Å². The van der Waals surface area contributed by atoms with E-state index in [4.69, 9.17) is 9.84 Å². The van der Waals surface area contributed by atoms with Crippen LogP contribution >= 0.6 is 0 Å². The molecule has 1 rings (SSSR count). The van der Waals surface area contributed by atoms with E-state index in [1.807, 2.05) is 0 Å². The topological polar surface area (TPSA) is 76.1 Å². The highest BCUT2D eigenvalue weighted by Crippen LogP contribution is 2.10. The molecule has 1 N–H and O–H groups in total. The lowest BCUT2D eigenvalue weighted by atomic mass is 10.5. The van der Waals surface area contributed by atoms with Gasteiger partial charge in [-0.25, -0.2) is 0 Å². The summed E-state index contributed by atoms with van der Waals surface area (Å²) in [6.07, 6.45) is 0.169. The minimum atomic E-state index is -3.44. The first kappa shape index (κ1) is 9.91. The number of hydrogen-bond acceptors (Lipinski definition) is 5. The normalized spacial score (nSPS) is 22.6. The van der Waals surface area contributed by atoms with Crippen LogP contribution in [-0.2, 0) is 19.0 Å². The van der Waals surface area contributed by atoms with E-state index in [2.05, 4.69) is 4.18 Å². The number of aliphatic hydroxyl groups excluding tert-OH is 1. The van der Waals surface area contributed by atoms with Gasteiger partial charge in [-0.2, -0.15) is 8.42 Å². The molecule has 72 valence electrons. The van der Waals surface area contributed by atoms with Crippen LogP contribution in [0.4, 0.5) is 0 Å². The second-order valence-electron chi connectivity index (χ2n) is 2.58. The predicted octanol–water partition coefficient (Wildman–Crippen LogP) is -0.886. The van der Waals surface area contributed by atoms with Crippen LogP contribution < -0.4 is 0 Å². The van der Waals surface area contributed by atoms with Crippen molar-refractivity contribution in [3.05, 3.63) is 0 Å². The summed E-state index contributed by atoms with van der Waals surface area (Å²) in [6.45, 7) is 0.547. The van der Waals surface area contributed by atoms with Gasteiger partial charge in [-0.1, -0.05) is 0 Å². The molecule has 0 aromatic heterocycles. The average molecular weight is 196 g/mol. The zero-order chi connectivity index (χ0) is 9.03. The van der Waals surface area contributed by atoms with Crippen molar-refractivity contribution >= 4 is 10.1 Å². The highest BCUT2D eigenvalue weighted by Gasteiger charge is 2.25. The molecule has 1 fully saturated rings. The molecule has 1 saturated heterocycles. The smallest absolute Gasteiger partial charge is 0.267 e. The van der Waals surface area contributed by atoms with Gasteiger partial charge in [0.05, 0.1) is 19.0 Å². The summed E-state index contributed by atoms with van der Waals surface area (Å²) in [7, 11) is -3.44. The van der Waals surface area contributed by atoms with E-state index >= 15 is 0 Å². The van der Waals surface area contributed by atoms with Crippen LogP contribution in [0.5, 0.6) is 0 Å². The van der Waals surface area contributed by atoms with Crippen LogP contribution in [0.15, 0.2) is 0 Å². The van der Waals surface area contributed by atoms with E-state index in [-0.39, 0.29) is 31.5 Å². The van der Waals surface area contributed by atoms with Crippen molar-refractivity contribution in [2.75, 3.05) is 25.6 Å². The summed E-state index contributed by atoms with van der Waals surface area (Å²) in [4.78, 5) is 0. The Morgan fingerprint density at radius 3 is 2.75 bits per heavy atom. The molecule has 0 bridgehead atoms. The molecular weight excluding hydrogens is 184 g/mol. The second-order valence-corrected chi connectivity index (χ2v) is 4.34. The Labute approximate surface area is 71.4 Å². The quantitative estimate of drug-likeness (QED) is 0.440. The van der Waals surface area contributed by atoms with Gasteiger partial charge in [-0.15, -0.1) is 0 Å². The maximum atomic E-state index is 10.9. The molecule has 0 aromatic rings. The van der Waals surface area contributed by atoms with Crippen LogP contribution in [-0.4, -0.2) is 45.2 Å². The van der Waals surface area contributed by atoms with Crippen LogP contribution in [0.3, 0.4) is 0 Å². The van der Waals surface area contributed by atoms with Gasteiger partial charge in [-0.3, -0.25) is 4.18 Å². The number of hydrogen-bond donors (Lipinski definition) is 1. The van der Waals surface area contributed by atoms with Crippen molar-refractivity contribution in [1.82, 2.24) is 0 Å². The van der Waals surface area contributed by atoms with Crippen LogP contribution in [0.1, 0.15) is 6.42 Å². The first-order valence-electron chi connectivity index (χ1n) is 3.73. The fraction of sp³-hybridized carbons (Fsp3) is 1.00. The van der Waals surface area contributed by atoms with Crippen molar-refractivity contribution in [3.8, 4) is 0 Å². The minimum absolute atomic E-state index is 0.0473. The molecule has 1 unspecified atom stereocenters. The lowest BCUT2D eigenvalue weighted by molar-refractivity contribution is 0.261. The molecule has 1 atom stereocenters. The fourth-order valence-corrected chi connectivity index (χ4v) is 1.60. The Kier molecular flexibility index (Phi) is 3.45. The number of aliphatic hydroxyl groups is 1. The molecule has 12 heavy (non-hydrogen) atoms. The van der Waals surface area contributed by atoms with Gasteiger partial charge in [0.15, 0.2) is 0 Å². The molecule has 5 nitrogen and oxygen atoms in total. The third-order valence-corrected chi connectivity index (χ3v) is 2.67. The number of rotatable bonds is 6. The summed E-state index contributed by atoms with van der Waals surface area (Å²) < 4.78 is 31.2. The standard InChI is InChI=1S/C6H12O5S/c7-2-1-3-12(8,9)11-5-6-4-10-6/h6-7H,1-5H2. The summed E-state index contributed by atoms with van der Waals surface area (Å²) in [5.74, 6) is -0.129. The summed E-state index contributed by atoms with van der Waals surface area (Å²) in [6, 6.07) is 0. The third kappa shape index (κ3) is 4.01. The third-order valence-electron chi connectivity index (χ3n) is 1.39. The predicted molar refractivity (Wildman–Crippen MR) is 41.2 cm³/mol. The van der Waals surface area contributed by atoms with E-state index < -0.39 is 10.1 Å². The molecule has 0 amide bonds. The first-order valence-corrected chi connectivity index (χ1v) is 5.31. The van der Waals surface area contributed by atoms with E-state index in [1.165, 1.54) is 0 Å². The SMILES string of the molecule is O=S(=O)(CCCO)OCC1CO1. The summed E-state index contributed by atoms with van der Waals surface area (Å²) >= 11 is 0. The van der Waals surface area contributed by atoms with Crippen LogP contribution in [0.25, 0.3) is 0 Å². The Morgan fingerprint density at radius 1 is 1.58 bits per heavy atom. The molecule has 1 aliphatic heterocycles. The summed E-state index contributed by atoms with van der Waals surface area (Å²) in [5, 5.41) is 8.37. The summed E-state index contributed by atoms with van der Waals surface area (Å²) in [5.41, 5.74) is 0. The average Bonchev–Trinajstić information content (AvgIpc) is 2.81. The minimum Gasteiger partial charge on any atom is -0.396 e. The maximum Gasteiger partial charge on any atom is 0.267 e.